The molecule has 2 amide bonds. The molecule has 0 saturated carbocycles. The lowest BCUT2D eigenvalue weighted by molar-refractivity contribution is 0.0782. The molecular weight excluding hydrogens is 428 g/mol. The molecule has 1 aliphatic heterocycles. The van der Waals surface area contributed by atoms with Crippen molar-refractivity contribution in [2.24, 2.45) is 0 Å². The molecule has 1 aliphatic rings. The lowest BCUT2D eigenvalue weighted by Gasteiger charge is -2.25. The summed E-state index contributed by atoms with van der Waals surface area (Å²) in [6, 6.07) is 9.91. The van der Waals surface area contributed by atoms with E-state index in [-0.39, 0.29) is 6.03 Å². The summed E-state index contributed by atoms with van der Waals surface area (Å²) < 4.78 is 0. The molecule has 6 nitrogen and oxygen atoms in total. The maximum Gasteiger partial charge on any atom is 0.321 e. The molecule has 0 spiro atoms. The molecule has 1 aromatic heterocycles. The molecular formula is C23H33ClN4O2Si. The molecule has 3 rings (SSSR count). The van der Waals surface area contributed by atoms with Gasteiger partial charge < -0.3 is 20.2 Å². The lowest BCUT2D eigenvalue weighted by atomic mass is 10.0. The molecule has 2 aromatic rings. The van der Waals surface area contributed by atoms with Gasteiger partial charge >= 0.3 is 6.03 Å². The van der Waals surface area contributed by atoms with Crippen LogP contribution in [0.2, 0.25) is 24.7 Å². The summed E-state index contributed by atoms with van der Waals surface area (Å²) in [5, 5.41) is 15.1. The number of hydrogen-bond acceptors (Lipinski definition) is 4. The number of aliphatic hydroxyl groups is 1. The van der Waals surface area contributed by atoms with E-state index in [2.05, 4.69) is 47.0 Å². The van der Waals surface area contributed by atoms with Gasteiger partial charge in [-0.25, -0.2) is 9.78 Å². The van der Waals surface area contributed by atoms with Crippen LogP contribution in [0.15, 0.2) is 36.5 Å². The Morgan fingerprint density at radius 3 is 2.39 bits per heavy atom. The van der Waals surface area contributed by atoms with Crippen LogP contribution in [0.25, 0.3) is 0 Å². The predicted molar refractivity (Wildman–Crippen MR) is 131 cm³/mol. The second-order valence-corrected chi connectivity index (χ2v) is 15.2. The highest BCUT2D eigenvalue weighted by atomic mass is 35.5. The third-order valence-corrected chi connectivity index (χ3v) is 7.96. The highest BCUT2D eigenvalue weighted by Gasteiger charge is 2.24. The molecule has 31 heavy (non-hydrogen) atoms. The van der Waals surface area contributed by atoms with Gasteiger partial charge in [0.1, 0.15) is 5.82 Å². The number of nitrogens with zero attached hydrogens (tertiary/aromatic N) is 3. The molecule has 0 atom stereocenters. The molecule has 0 bridgehead atoms. The molecule has 2 heterocycles. The number of nitrogens with one attached hydrogen (secondary N) is 1. The maximum atomic E-state index is 12.8. The zero-order chi connectivity index (χ0) is 22.8. The summed E-state index contributed by atoms with van der Waals surface area (Å²) in [6.07, 6.45) is 2.49. The van der Waals surface area contributed by atoms with Gasteiger partial charge in [-0.2, -0.15) is 0 Å². The summed E-state index contributed by atoms with van der Waals surface area (Å²) in [5.74, 6) is 0.693. The van der Waals surface area contributed by atoms with Crippen molar-refractivity contribution in [3.8, 4) is 0 Å². The first-order chi connectivity index (χ1) is 14.4. The Morgan fingerprint density at radius 2 is 1.81 bits per heavy atom. The highest BCUT2D eigenvalue weighted by Crippen LogP contribution is 2.29. The van der Waals surface area contributed by atoms with Crippen molar-refractivity contribution in [1.29, 1.82) is 0 Å². The number of hydrogen-bond donors (Lipinski definition) is 2. The Morgan fingerprint density at radius 1 is 1.13 bits per heavy atom. The summed E-state index contributed by atoms with van der Waals surface area (Å²) in [6.45, 7) is 13.0. The van der Waals surface area contributed by atoms with Crippen LogP contribution in [0.3, 0.4) is 0 Å². The number of halogens is 1. The van der Waals surface area contributed by atoms with Crippen molar-refractivity contribution in [3.05, 3.63) is 47.1 Å². The summed E-state index contributed by atoms with van der Waals surface area (Å²) >= 11 is 6.47. The van der Waals surface area contributed by atoms with Crippen molar-refractivity contribution >= 4 is 42.4 Å². The Kier molecular flexibility index (Phi) is 6.98. The fourth-order valence-electron chi connectivity index (χ4n) is 3.59. The van der Waals surface area contributed by atoms with Crippen molar-refractivity contribution in [1.82, 2.24) is 9.88 Å². The molecule has 1 aromatic carbocycles. The molecule has 0 unspecified atom stereocenters. The van der Waals surface area contributed by atoms with Crippen LogP contribution in [-0.4, -0.2) is 55.3 Å². The Hall–Kier alpha value is -2.09. The van der Waals surface area contributed by atoms with Crippen molar-refractivity contribution in [2.45, 2.75) is 45.5 Å². The highest BCUT2D eigenvalue weighted by molar-refractivity contribution is 6.88. The fourth-order valence-corrected chi connectivity index (χ4v) is 5.04. The molecule has 2 N–H and O–H groups in total. The first-order valence-corrected chi connectivity index (χ1v) is 14.6. The minimum atomic E-state index is -1.35. The number of aromatic nitrogens is 1. The van der Waals surface area contributed by atoms with Crippen molar-refractivity contribution in [2.75, 3.05) is 36.4 Å². The molecule has 1 saturated heterocycles. The Labute approximate surface area is 191 Å². The van der Waals surface area contributed by atoms with E-state index in [0.29, 0.717) is 36.0 Å². The van der Waals surface area contributed by atoms with Crippen LogP contribution >= 0.6 is 11.6 Å². The van der Waals surface area contributed by atoms with E-state index in [4.69, 9.17) is 11.6 Å². The zero-order valence-electron chi connectivity index (χ0n) is 19.1. The molecule has 1 fully saturated rings. The average Bonchev–Trinajstić information content (AvgIpc) is 2.93. The van der Waals surface area contributed by atoms with E-state index < -0.39 is 13.7 Å². The number of carbonyl (C=O) groups is 1. The number of pyridine rings is 1. The summed E-state index contributed by atoms with van der Waals surface area (Å²) in [4.78, 5) is 21.2. The van der Waals surface area contributed by atoms with Crippen LogP contribution in [0.5, 0.6) is 0 Å². The zero-order valence-corrected chi connectivity index (χ0v) is 20.8. The van der Waals surface area contributed by atoms with Gasteiger partial charge in [0, 0.05) is 43.6 Å². The Balaban J connectivity index is 1.62. The molecule has 168 valence electrons. The van der Waals surface area contributed by atoms with Crippen LogP contribution in [0, 0.1) is 0 Å². The normalized spacial score (nSPS) is 15.6. The average molecular weight is 461 g/mol. The fraction of sp³-hybridized carbons (Fsp3) is 0.478. The minimum Gasteiger partial charge on any atom is -0.386 e. The molecule has 8 heteroatoms. The van der Waals surface area contributed by atoms with Gasteiger partial charge in [-0.15, -0.1) is 0 Å². The first kappa shape index (κ1) is 23.6. The van der Waals surface area contributed by atoms with E-state index in [0.717, 1.165) is 18.7 Å². The van der Waals surface area contributed by atoms with Crippen molar-refractivity contribution in [3.63, 3.8) is 0 Å². The number of amides is 2. The van der Waals surface area contributed by atoms with E-state index in [1.54, 1.807) is 26.1 Å². The van der Waals surface area contributed by atoms with Gasteiger partial charge in [-0.3, -0.25) is 0 Å². The number of urea groups is 1. The monoisotopic (exact) mass is 460 g/mol. The Bertz CT molecular complexity index is 923. The van der Waals surface area contributed by atoms with Gasteiger partial charge in [0.15, 0.2) is 0 Å². The predicted octanol–water partition coefficient (Wildman–Crippen LogP) is 4.25. The van der Waals surface area contributed by atoms with Gasteiger partial charge in [0.2, 0.25) is 0 Å². The maximum absolute atomic E-state index is 12.8. The van der Waals surface area contributed by atoms with Crippen molar-refractivity contribution < 1.29 is 9.90 Å². The van der Waals surface area contributed by atoms with Gasteiger partial charge in [0.25, 0.3) is 0 Å². The van der Waals surface area contributed by atoms with E-state index in [9.17, 15) is 9.90 Å². The molecule has 0 aliphatic carbocycles. The number of benzene rings is 1. The summed E-state index contributed by atoms with van der Waals surface area (Å²) in [7, 11) is -1.35. The summed E-state index contributed by atoms with van der Waals surface area (Å²) in [5.41, 5.74) is 0.507. The second-order valence-electron chi connectivity index (χ2n) is 9.67. The number of carbonyl (C=O) groups excluding carboxylic acids is 1. The van der Waals surface area contributed by atoms with Crippen LogP contribution in [-0.2, 0) is 5.60 Å². The van der Waals surface area contributed by atoms with Crippen LogP contribution in [0.4, 0.5) is 16.3 Å². The van der Waals surface area contributed by atoms with Crippen LogP contribution in [0.1, 0.15) is 25.8 Å². The standard InChI is InChI=1S/C23H33ClN4O2Si/c1-23(2,30)17-15-20(24)21(25-16-17)27-11-6-12-28(14-13-27)22(29)26-18-7-9-19(10-8-18)31(3,4)5/h7-10,15-16,30H,6,11-14H2,1-5H3,(H,26,29). The number of rotatable bonds is 4. The molecule has 0 radical (unpaired) electrons. The smallest absolute Gasteiger partial charge is 0.321 e. The SMILES string of the molecule is CC(C)(O)c1cnc(N2CCCN(C(=O)Nc3ccc([Si](C)(C)C)cc3)CC2)c(Cl)c1. The first-order valence-electron chi connectivity index (χ1n) is 10.7. The number of anilines is 2. The van der Waals surface area contributed by atoms with E-state index in [1.165, 1.54) is 5.19 Å². The third-order valence-electron chi connectivity index (χ3n) is 5.61. The van der Waals surface area contributed by atoms with Gasteiger partial charge in [-0.05, 0) is 38.5 Å². The van der Waals surface area contributed by atoms with Gasteiger partial charge in [0.05, 0.1) is 18.7 Å². The third kappa shape index (κ3) is 5.99. The van der Waals surface area contributed by atoms with Crippen LogP contribution < -0.4 is 15.4 Å². The van der Waals surface area contributed by atoms with E-state index in [1.807, 2.05) is 17.0 Å². The van der Waals surface area contributed by atoms with Gasteiger partial charge in [-0.1, -0.05) is 48.6 Å². The lowest BCUT2D eigenvalue weighted by Crippen LogP contribution is -2.39. The quantitative estimate of drug-likeness (QED) is 0.669. The van der Waals surface area contributed by atoms with E-state index >= 15 is 0 Å². The minimum absolute atomic E-state index is 0.0842. The topological polar surface area (TPSA) is 68.7 Å². The largest absolute Gasteiger partial charge is 0.386 e. The second kappa shape index (κ2) is 9.18.